The van der Waals surface area contributed by atoms with Crippen LogP contribution in [0.3, 0.4) is 0 Å². The number of anilines is 2. The number of esters is 1. The van der Waals surface area contributed by atoms with Crippen LogP contribution < -0.4 is 19.1 Å². The number of rotatable bonds is 7. The third kappa shape index (κ3) is 4.63. The summed E-state index contributed by atoms with van der Waals surface area (Å²) in [4.78, 5) is 31.0. The van der Waals surface area contributed by atoms with Crippen molar-refractivity contribution in [2.75, 3.05) is 19.1 Å². The molecule has 9 heteroatoms. The third-order valence-corrected chi connectivity index (χ3v) is 6.01. The molecular formula is C24H24N2O6S. The molecule has 2 aromatic carbocycles. The fraction of sp³-hybridized carbons (Fsp3) is 0.292. The molecule has 2 heterocycles. The lowest BCUT2D eigenvalue weighted by atomic mass is 10.1. The predicted octanol–water partition coefficient (Wildman–Crippen LogP) is 4.53. The highest BCUT2D eigenvalue weighted by Gasteiger charge is 2.26. The number of nitrogens with zero attached hydrogens (tertiary/aromatic N) is 2. The van der Waals surface area contributed by atoms with Crippen molar-refractivity contribution < 1.29 is 28.5 Å². The molecule has 1 aromatic heterocycles. The summed E-state index contributed by atoms with van der Waals surface area (Å²) in [5, 5.41) is 2.22. The quantitative estimate of drug-likeness (QED) is 0.471. The Bertz CT molecular complexity index is 1190. The first kappa shape index (κ1) is 22.6. The number of para-hydroxylation sites is 2. The maximum absolute atomic E-state index is 12.7. The van der Waals surface area contributed by atoms with Crippen LogP contribution in [0.25, 0.3) is 0 Å². The zero-order chi connectivity index (χ0) is 23.5. The van der Waals surface area contributed by atoms with Gasteiger partial charge in [-0.25, -0.2) is 9.78 Å². The zero-order valence-electron chi connectivity index (χ0n) is 18.8. The minimum Gasteiger partial charge on any atom is -0.495 e. The van der Waals surface area contributed by atoms with Gasteiger partial charge < -0.3 is 18.9 Å². The monoisotopic (exact) mass is 468 g/mol. The number of hydrogen-bond acceptors (Lipinski definition) is 8. The molecule has 0 aliphatic carbocycles. The van der Waals surface area contributed by atoms with E-state index in [1.807, 2.05) is 19.1 Å². The molecule has 1 amide bonds. The number of aromatic nitrogens is 1. The van der Waals surface area contributed by atoms with Crippen molar-refractivity contribution in [1.82, 2.24) is 4.98 Å². The van der Waals surface area contributed by atoms with E-state index in [1.165, 1.54) is 30.3 Å². The molecule has 1 aliphatic rings. The molecule has 0 fully saturated rings. The van der Waals surface area contributed by atoms with Gasteiger partial charge in [-0.15, -0.1) is 11.3 Å². The van der Waals surface area contributed by atoms with Crippen molar-refractivity contribution in [2.24, 2.45) is 0 Å². The summed E-state index contributed by atoms with van der Waals surface area (Å²) in [6, 6.07) is 10.6. The van der Waals surface area contributed by atoms with Crippen LogP contribution in [-0.4, -0.2) is 37.2 Å². The summed E-state index contributed by atoms with van der Waals surface area (Å²) in [5.74, 6) is 1.04. The molecule has 0 N–H and O–H groups in total. The molecule has 1 atom stereocenters. The molecule has 172 valence electrons. The number of ether oxygens (including phenoxy) is 4. The normalized spacial score (nSPS) is 14.2. The van der Waals surface area contributed by atoms with Gasteiger partial charge in [-0.1, -0.05) is 12.1 Å². The van der Waals surface area contributed by atoms with Crippen molar-refractivity contribution in [2.45, 2.75) is 33.0 Å². The van der Waals surface area contributed by atoms with Gasteiger partial charge in [-0.3, -0.25) is 9.69 Å². The van der Waals surface area contributed by atoms with Gasteiger partial charge in [0.2, 0.25) is 5.91 Å². The fourth-order valence-corrected chi connectivity index (χ4v) is 4.54. The average molecular weight is 469 g/mol. The number of methoxy groups -OCH3 is 2. The van der Waals surface area contributed by atoms with E-state index in [1.54, 1.807) is 36.8 Å². The van der Waals surface area contributed by atoms with E-state index in [2.05, 4.69) is 4.98 Å². The van der Waals surface area contributed by atoms with Gasteiger partial charge in [0.15, 0.2) is 16.6 Å². The predicted molar refractivity (Wildman–Crippen MR) is 124 cm³/mol. The van der Waals surface area contributed by atoms with Crippen LogP contribution >= 0.6 is 11.3 Å². The molecule has 8 nitrogen and oxygen atoms in total. The molecule has 0 saturated heterocycles. The van der Waals surface area contributed by atoms with Gasteiger partial charge in [-0.05, 0) is 31.2 Å². The van der Waals surface area contributed by atoms with Gasteiger partial charge >= 0.3 is 5.97 Å². The zero-order valence-corrected chi connectivity index (χ0v) is 19.6. The van der Waals surface area contributed by atoms with Crippen LogP contribution in [0.5, 0.6) is 17.2 Å². The Labute approximate surface area is 195 Å². The van der Waals surface area contributed by atoms with Crippen molar-refractivity contribution in [3.8, 4) is 17.2 Å². The lowest BCUT2D eigenvalue weighted by Gasteiger charge is -2.20. The van der Waals surface area contributed by atoms with E-state index in [0.29, 0.717) is 45.7 Å². The van der Waals surface area contributed by atoms with Crippen LogP contribution in [0.1, 0.15) is 35.5 Å². The van der Waals surface area contributed by atoms with Gasteiger partial charge in [0.05, 0.1) is 31.2 Å². The summed E-state index contributed by atoms with van der Waals surface area (Å²) in [6.45, 7) is 3.39. The smallest absolute Gasteiger partial charge is 0.338 e. The molecule has 1 unspecified atom stereocenters. The first-order chi connectivity index (χ1) is 15.9. The van der Waals surface area contributed by atoms with Gasteiger partial charge in [-0.2, -0.15) is 0 Å². The third-order valence-electron chi connectivity index (χ3n) is 5.14. The van der Waals surface area contributed by atoms with E-state index in [9.17, 15) is 9.59 Å². The van der Waals surface area contributed by atoms with Gasteiger partial charge in [0.1, 0.15) is 18.5 Å². The molecule has 33 heavy (non-hydrogen) atoms. The van der Waals surface area contributed by atoms with Crippen molar-refractivity contribution >= 4 is 34.0 Å². The summed E-state index contributed by atoms with van der Waals surface area (Å²) >= 11 is 1.28. The second kappa shape index (κ2) is 9.50. The van der Waals surface area contributed by atoms with Crippen LogP contribution in [0, 0.1) is 0 Å². The lowest BCUT2D eigenvalue weighted by Crippen LogP contribution is -2.23. The minimum atomic E-state index is -0.488. The maximum atomic E-state index is 12.7. The highest BCUT2D eigenvalue weighted by atomic mass is 32.1. The Kier molecular flexibility index (Phi) is 6.50. The highest BCUT2D eigenvalue weighted by molar-refractivity contribution is 7.14. The fourth-order valence-electron chi connectivity index (χ4n) is 3.68. The molecule has 1 aliphatic heterocycles. The minimum absolute atomic E-state index is 0.0285. The number of amides is 1. The Morgan fingerprint density at radius 1 is 1.18 bits per heavy atom. The number of benzene rings is 2. The summed E-state index contributed by atoms with van der Waals surface area (Å²) < 4.78 is 22.0. The summed E-state index contributed by atoms with van der Waals surface area (Å²) in [6.07, 6.45) is 0.729. The van der Waals surface area contributed by atoms with E-state index in [-0.39, 0.29) is 18.6 Å². The van der Waals surface area contributed by atoms with E-state index in [4.69, 9.17) is 18.9 Å². The number of carbonyl (C=O) groups excluding carboxylic acids is 2. The first-order valence-electron chi connectivity index (χ1n) is 10.3. The largest absolute Gasteiger partial charge is 0.495 e. The second-order valence-electron chi connectivity index (χ2n) is 7.52. The van der Waals surface area contributed by atoms with Crippen LogP contribution in [-0.2, 0) is 22.6 Å². The van der Waals surface area contributed by atoms with Crippen molar-refractivity contribution in [1.29, 1.82) is 0 Å². The summed E-state index contributed by atoms with van der Waals surface area (Å²) in [5.41, 5.74) is 2.43. The molecule has 3 aromatic rings. The standard InChI is InChI=1S/C24H24N2O6S/c1-14-9-16-10-17(11-21(30-4)22(16)32-14)23(28)31-12-18-13-33-24(25-18)26(15(2)27)19-7-5-6-8-20(19)29-3/h5-8,10-11,13-14H,9,12H2,1-4H3. The summed E-state index contributed by atoms with van der Waals surface area (Å²) in [7, 11) is 3.08. The SMILES string of the molecule is COc1ccccc1N(C(C)=O)c1nc(COC(=O)c2cc3c(c(OC)c2)OC(C)C3)cs1. The number of thiazole rings is 1. The molecule has 4 rings (SSSR count). The Morgan fingerprint density at radius 2 is 1.94 bits per heavy atom. The number of fused-ring (bicyclic) bond motifs is 1. The molecule has 0 radical (unpaired) electrons. The molecular weight excluding hydrogens is 444 g/mol. The molecule has 0 bridgehead atoms. The lowest BCUT2D eigenvalue weighted by molar-refractivity contribution is -0.115. The number of carbonyl (C=O) groups is 2. The maximum Gasteiger partial charge on any atom is 0.338 e. The molecule has 0 saturated carbocycles. The second-order valence-corrected chi connectivity index (χ2v) is 8.36. The van der Waals surface area contributed by atoms with E-state index in [0.717, 1.165) is 5.56 Å². The Balaban J connectivity index is 1.50. The van der Waals surface area contributed by atoms with Gasteiger partial charge in [0, 0.05) is 24.3 Å². The Morgan fingerprint density at radius 3 is 2.67 bits per heavy atom. The first-order valence-corrected chi connectivity index (χ1v) is 11.2. The highest BCUT2D eigenvalue weighted by Crippen LogP contribution is 2.39. The van der Waals surface area contributed by atoms with Crippen LogP contribution in [0.4, 0.5) is 10.8 Å². The number of hydrogen-bond donors (Lipinski definition) is 0. The van der Waals surface area contributed by atoms with Crippen molar-refractivity contribution in [3.05, 3.63) is 58.6 Å². The molecule has 0 spiro atoms. The average Bonchev–Trinajstić information content (AvgIpc) is 3.42. The van der Waals surface area contributed by atoms with Crippen molar-refractivity contribution in [3.63, 3.8) is 0 Å². The van der Waals surface area contributed by atoms with E-state index >= 15 is 0 Å². The van der Waals surface area contributed by atoms with Gasteiger partial charge in [0.25, 0.3) is 0 Å². The van der Waals surface area contributed by atoms with Crippen LogP contribution in [0.2, 0.25) is 0 Å². The van der Waals surface area contributed by atoms with E-state index < -0.39 is 5.97 Å². The van der Waals surface area contributed by atoms with Crippen LogP contribution in [0.15, 0.2) is 41.8 Å². The Hall–Kier alpha value is -3.59. The topological polar surface area (TPSA) is 87.2 Å².